The van der Waals surface area contributed by atoms with Gasteiger partial charge in [-0.15, -0.1) is 0 Å². The fourth-order valence-corrected chi connectivity index (χ4v) is 1.34. The van der Waals surface area contributed by atoms with Crippen molar-refractivity contribution >= 4 is 5.91 Å². The third-order valence-electron chi connectivity index (χ3n) is 2.17. The monoisotopic (exact) mass is 262 g/mol. The molecule has 0 heterocycles. The lowest BCUT2D eigenvalue weighted by molar-refractivity contribution is -0.133. The Bertz CT molecular complexity index is 197. The number of hydrogen-bond donors (Lipinski definition) is 2. The van der Waals surface area contributed by atoms with E-state index < -0.39 is 0 Å². The lowest BCUT2D eigenvalue weighted by Gasteiger charge is -2.17. The molecule has 6 nitrogen and oxygen atoms in total. The van der Waals surface area contributed by atoms with Gasteiger partial charge in [0.25, 0.3) is 0 Å². The molecule has 0 aliphatic heterocycles. The van der Waals surface area contributed by atoms with Crippen molar-refractivity contribution in [1.29, 1.82) is 0 Å². The second-order valence-corrected chi connectivity index (χ2v) is 3.64. The Hall–Kier alpha value is -0.690. The number of amides is 1. The molecule has 108 valence electrons. The number of carbonyl (C=O) groups excluding carboxylic acids is 1. The van der Waals surface area contributed by atoms with E-state index in [0.717, 1.165) is 0 Å². The maximum Gasteiger partial charge on any atom is 0.221 e. The van der Waals surface area contributed by atoms with Crippen LogP contribution in [0, 0.1) is 0 Å². The molecular formula is C12H26N2O4. The molecule has 0 aromatic carbocycles. The normalized spacial score (nSPS) is 10.9. The van der Waals surface area contributed by atoms with Crippen LogP contribution in [0.3, 0.4) is 0 Å². The van der Waals surface area contributed by atoms with Gasteiger partial charge in [-0.25, -0.2) is 0 Å². The largest absolute Gasteiger partial charge is 0.383 e. The molecule has 0 saturated heterocycles. The van der Waals surface area contributed by atoms with E-state index in [0.29, 0.717) is 45.9 Å². The molecule has 6 heteroatoms. The molecule has 0 aromatic rings. The first-order chi connectivity index (χ1) is 8.74. The van der Waals surface area contributed by atoms with Crippen LogP contribution < -0.4 is 10.6 Å². The molecule has 18 heavy (non-hydrogen) atoms. The van der Waals surface area contributed by atoms with E-state index >= 15 is 0 Å². The van der Waals surface area contributed by atoms with E-state index in [1.807, 2.05) is 13.8 Å². The van der Waals surface area contributed by atoms with Crippen molar-refractivity contribution in [3.8, 4) is 0 Å². The molecular weight excluding hydrogens is 236 g/mol. The van der Waals surface area contributed by atoms with Crippen LogP contribution in [0.2, 0.25) is 0 Å². The summed E-state index contributed by atoms with van der Waals surface area (Å²) in [5.74, 6) is 0.0175. The minimum Gasteiger partial charge on any atom is -0.383 e. The van der Waals surface area contributed by atoms with E-state index in [-0.39, 0.29) is 12.2 Å². The fourth-order valence-electron chi connectivity index (χ4n) is 1.34. The van der Waals surface area contributed by atoms with E-state index in [2.05, 4.69) is 10.6 Å². The molecule has 0 aliphatic rings. The first-order valence-electron chi connectivity index (χ1n) is 6.44. The number of rotatable bonds is 12. The van der Waals surface area contributed by atoms with Crippen LogP contribution in [0.4, 0.5) is 0 Å². The molecule has 2 N–H and O–H groups in total. The van der Waals surface area contributed by atoms with Crippen molar-refractivity contribution in [2.75, 3.05) is 46.6 Å². The third-order valence-corrected chi connectivity index (χ3v) is 2.17. The van der Waals surface area contributed by atoms with Gasteiger partial charge in [0.1, 0.15) is 0 Å². The van der Waals surface area contributed by atoms with Crippen LogP contribution in [-0.4, -0.2) is 58.8 Å². The maximum atomic E-state index is 11.3. The number of hydrogen-bond acceptors (Lipinski definition) is 5. The Labute approximate surface area is 109 Å². The summed E-state index contributed by atoms with van der Waals surface area (Å²) in [5.41, 5.74) is 0. The zero-order chi connectivity index (χ0) is 13.6. The van der Waals surface area contributed by atoms with Gasteiger partial charge >= 0.3 is 0 Å². The molecule has 0 unspecified atom stereocenters. The summed E-state index contributed by atoms with van der Waals surface area (Å²) in [6, 6.07) is 0. The Morgan fingerprint density at radius 1 is 1.17 bits per heavy atom. The van der Waals surface area contributed by atoms with Gasteiger partial charge in [-0.05, 0) is 13.8 Å². The van der Waals surface area contributed by atoms with Gasteiger partial charge in [-0.3, -0.25) is 4.79 Å². The van der Waals surface area contributed by atoms with Crippen LogP contribution in [0.15, 0.2) is 0 Å². The van der Waals surface area contributed by atoms with E-state index in [1.165, 1.54) is 0 Å². The summed E-state index contributed by atoms with van der Waals surface area (Å²) in [5, 5.41) is 5.89. The number of methoxy groups -OCH3 is 1. The van der Waals surface area contributed by atoms with Crippen molar-refractivity contribution in [3.05, 3.63) is 0 Å². The molecule has 0 bridgehead atoms. The number of nitrogens with one attached hydrogen (secondary N) is 2. The Kier molecular flexibility index (Phi) is 12.3. The standard InChI is InChI=1S/C12H26N2O4/c1-4-17-12(18-5-2)10-13-7-6-11(15)14-8-9-16-3/h12-13H,4-10H2,1-3H3,(H,14,15). The van der Waals surface area contributed by atoms with Crippen LogP contribution >= 0.6 is 0 Å². The first kappa shape index (κ1) is 17.3. The van der Waals surface area contributed by atoms with Gasteiger partial charge in [-0.1, -0.05) is 0 Å². The van der Waals surface area contributed by atoms with Crippen LogP contribution in [0.5, 0.6) is 0 Å². The molecule has 0 atom stereocenters. The summed E-state index contributed by atoms with van der Waals surface area (Å²) < 4.78 is 15.6. The van der Waals surface area contributed by atoms with Crippen molar-refractivity contribution < 1.29 is 19.0 Å². The number of ether oxygens (including phenoxy) is 3. The second kappa shape index (κ2) is 12.8. The SMILES string of the molecule is CCOC(CNCCC(=O)NCCOC)OCC. The molecule has 0 aliphatic carbocycles. The fraction of sp³-hybridized carbons (Fsp3) is 0.917. The highest BCUT2D eigenvalue weighted by atomic mass is 16.7. The molecule has 0 fully saturated rings. The van der Waals surface area contributed by atoms with Crippen molar-refractivity contribution in [2.24, 2.45) is 0 Å². The topological polar surface area (TPSA) is 68.8 Å². The highest BCUT2D eigenvalue weighted by molar-refractivity contribution is 5.75. The minimum absolute atomic E-state index is 0.0175. The third kappa shape index (κ3) is 10.5. The lowest BCUT2D eigenvalue weighted by Crippen LogP contribution is -2.35. The zero-order valence-corrected chi connectivity index (χ0v) is 11.7. The molecule has 0 spiro atoms. The predicted molar refractivity (Wildman–Crippen MR) is 69.4 cm³/mol. The van der Waals surface area contributed by atoms with Gasteiger partial charge in [0.2, 0.25) is 5.91 Å². The van der Waals surface area contributed by atoms with Gasteiger partial charge in [0.15, 0.2) is 6.29 Å². The highest BCUT2D eigenvalue weighted by Crippen LogP contribution is 1.93. The molecule has 0 rings (SSSR count). The van der Waals surface area contributed by atoms with Crippen molar-refractivity contribution in [2.45, 2.75) is 26.6 Å². The number of carbonyl (C=O) groups is 1. The van der Waals surface area contributed by atoms with Crippen molar-refractivity contribution in [1.82, 2.24) is 10.6 Å². The molecule has 0 saturated carbocycles. The smallest absolute Gasteiger partial charge is 0.221 e. The van der Waals surface area contributed by atoms with E-state index in [1.54, 1.807) is 7.11 Å². The summed E-state index contributed by atoms with van der Waals surface area (Å²) in [7, 11) is 1.61. The Morgan fingerprint density at radius 3 is 2.39 bits per heavy atom. The van der Waals surface area contributed by atoms with Crippen molar-refractivity contribution in [3.63, 3.8) is 0 Å². The Balaban J connectivity index is 3.48. The van der Waals surface area contributed by atoms with E-state index in [4.69, 9.17) is 14.2 Å². The van der Waals surface area contributed by atoms with Gasteiger partial charge < -0.3 is 24.8 Å². The average Bonchev–Trinajstić information content (AvgIpc) is 2.35. The second-order valence-electron chi connectivity index (χ2n) is 3.64. The lowest BCUT2D eigenvalue weighted by atomic mass is 10.4. The van der Waals surface area contributed by atoms with Gasteiger partial charge in [-0.2, -0.15) is 0 Å². The van der Waals surface area contributed by atoms with Gasteiger partial charge in [0, 0.05) is 46.4 Å². The molecule has 0 aromatic heterocycles. The zero-order valence-electron chi connectivity index (χ0n) is 11.7. The summed E-state index contributed by atoms with van der Waals surface area (Å²) in [6.45, 7) is 7.37. The summed E-state index contributed by atoms with van der Waals surface area (Å²) in [6.07, 6.45) is 0.200. The van der Waals surface area contributed by atoms with Crippen LogP contribution in [-0.2, 0) is 19.0 Å². The average molecular weight is 262 g/mol. The quantitative estimate of drug-likeness (QED) is 0.386. The van der Waals surface area contributed by atoms with Crippen LogP contribution in [0.1, 0.15) is 20.3 Å². The summed E-state index contributed by atoms with van der Waals surface area (Å²) >= 11 is 0. The summed E-state index contributed by atoms with van der Waals surface area (Å²) in [4.78, 5) is 11.3. The van der Waals surface area contributed by atoms with Gasteiger partial charge in [0.05, 0.1) is 6.61 Å². The highest BCUT2D eigenvalue weighted by Gasteiger charge is 2.07. The van der Waals surface area contributed by atoms with Crippen LogP contribution in [0.25, 0.3) is 0 Å². The maximum absolute atomic E-state index is 11.3. The molecule has 1 amide bonds. The molecule has 0 radical (unpaired) electrons. The first-order valence-corrected chi connectivity index (χ1v) is 6.44. The van der Waals surface area contributed by atoms with E-state index in [9.17, 15) is 4.79 Å². The Morgan fingerprint density at radius 2 is 1.83 bits per heavy atom. The minimum atomic E-state index is -0.239. The predicted octanol–water partition coefficient (Wildman–Crippen LogP) is 0.128.